The Morgan fingerprint density at radius 2 is 2.00 bits per heavy atom. The van der Waals surface area contributed by atoms with Gasteiger partial charge in [-0.25, -0.2) is 0 Å². The number of benzene rings is 1. The Morgan fingerprint density at radius 3 is 2.73 bits per heavy atom. The fourth-order valence-electron chi connectivity index (χ4n) is 2.49. The van der Waals surface area contributed by atoms with Crippen LogP contribution in [0.15, 0.2) is 52.7 Å². The molecule has 0 saturated carbocycles. The lowest BCUT2D eigenvalue weighted by Gasteiger charge is -2.14. The maximum atomic E-state index is 12.5. The van der Waals surface area contributed by atoms with Crippen LogP contribution in [0, 0.1) is 0 Å². The summed E-state index contributed by atoms with van der Waals surface area (Å²) < 4.78 is 0.509. The number of thiocarbonyl (C=S) groups is 1. The van der Waals surface area contributed by atoms with E-state index in [0.29, 0.717) is 22.3 Å². The zero-order valence-corrected chi connectivity index (χ0v) is 16.5. The fraction of sp³-hybridized carbons (Fsp3) is 0.211. The maximum Gasteiger partial charge on any atom is 0.266 e. The van der Waals surface area contributed by atoms with E-state index in [0.717, 1.165) is 11.3 Å². The van der Waals surface area contributed by atoms with Gasteiger partial charge in [0.1, 0.15) is 4.32 Å². The molecular weight excluding hydrogens is 384 g/mol. The van der Waals surface area contributed by atoms with Crippen LogP contribution < -0.4 is 5.32 Å². The molecule has 1 saturated heterocycles. The number of carbonyl (C=O) groups is 2. The Morgan fingerprint density at radius 1 is 1.19 bits per heavy atom. The van der Waals surface area contributed by atoms with E-state index in [2.05, 4.69) is 5.32 Å². The number of carbonyl (C=O) groups excluding carboxylic acids is 2. The van der Waals surface area contributed by atoms with Crippen molar-refractivity contribution in [3.05, 3.63) is 63.2 Å². The molecule has 7 heteroatoms. The molecule has 2 aromatic rings. The highest BCUT2D eigenvalue weighted by molar-refractivity contribution is 8.26. The molecule has 1 aliphatic heterocycles. The summed E-state index contributed by atoms with van der Waals surface area (Å²) in [6, 6.07) is 13.9. The van der Waals surface area contributed by atoms with E-state index in [1.807, 2.05) is 53.9 Å². The van der Waals surface area contributed by atoms with Crippen LogP contribution >= 0.6 is 35.3 Å². The quantitative estimate of drug-likeness (QED) is 0.567. The van der Waals surface area contributed by atoms with Crippen LogP contribution in [0.2, 0.25) is 0 Å². The van der Waals surface area contributed by atoms with Crippen LogP contribution in [0.3, 0.4) is 0 Å². The second-order valence-electron chi connectivity index (χ2n) is 5.68. The molecule has 0 bridgehead atoms. The number of nitrogens with zero attached hydrogens (tertiary/aromatic N) is 1. The zero-order valence-electron chi connectivity index (χ0n) is 14.0. The maximum absolute atomic E-state index is 12.5. The highest BCUT2D eigenvalue weighted by atomic mass is 32.2. The summed E-state index contributed by atoms with van der Waals surface area (Å²) in [5, 5.41) is 4.86. The fourth-order valence-corrected chi connectivity index (χ4v) is 4.52. The summed E-state index contributed by atoms with van der Waals surface area (Å²) in [6.07, 6.45) is 2.88. The van der Waals surface area contributed by atoms with Crippen molar-refractivity contribution in [2.75, 3.05) is 13.1 Å². The van der Waals surface area contributed by atoms with Gasteiger partial charge in [-0.15, -0.1) is 11.3 Å². The molecule has 4 nitrogen and oxygen atoms in total. The molecular formula is C19H18N2O2S3. The minimum Gasteiger partial charge on any atom is -0.356 e. The van der Waals surface area contributed by atoms with Gasteiger partial charge >= 0.3 is 0 Å². The van der Waals surface area contributed by atoms with Gasteiger partial charge in [0.25, 0.3) is 5.91 Å². The Hall–Kier alpha value is -1.96. The highest BCUT2D eigenvalue weighted by Crippen LogP contribution is 2.33. The Balaban J connectivity index is 1.46. The van der Waals surface area contributed by atoms with Crippen LogP contribution in [0.25, 0.3) is 6.08 Å². The largest absolute Gasteiger partial charge is 0.356 e. The summed E-state index contributed by atoms with van der Waals surface area (Å²) in [7, 11) is 0. The number of hydrogen-bond donors (Lipinski definition) is 1. The Labute approximate surface area is 166 Å². The van der Waals surface area contributed by atoms with Crippen molar-refractivity contribution in [2.45, 2.75) is 12.8 Å². The molecule has 1 aromatic heterocycles. The molecule has 0 spiro atoms. The van der Waals surface area contributed by atoms with Crippen LogP contribution in [-0.2, 0) is 16.0 Å². The van der Waals surface area contributed by atoms with Crippen molar-refractivity contribution in [1.29, 1.82) is 0 Å². The van der Waals surface area contributed by atoms with Crippen LogP contribution in [0.4, 0.5) is 0 Å². The molecule has 134 valence electrons. The van der Waals surface area contributed by atoms with Crippen LogP contribution in [0.5, 0.6) is 0 Å². The number of rotatable bonds is 7. The van der Waals surface area contributed by atoms with Gasteiger partial charge in [-0.05, 0) is 29.5 Å². The molecule has 2 amide bonds. The summed E-state index contributed by atoms with van der Waals surface area (Å²) in [5.41, 5.74) is 1.18. The Bertz CT molecular complexity index is 817. The molecule has 1 N–H and O–H groups in total. The first-order valence-corrected chi connectivity index (χ1v) is 10.3. The molecule has 1 aromatic carbocycles. The van der Waals surface area contributed by atoms with Gasteiger partial charge in [0.05, 0.1) is 4.91 Å². The molecule has 26 heavy (non-hydrogen) atoms. The van der Waals surface area contributed by atoms with E-state index in [1.54, 1.807) is 11.3 Å². The van der Waals surface area contributed by atoms with Crippen molar-refractivity contribution in [3.8, 4) is 0 Å². The van der Waals surface area contributed by atoms with Gasteiger partial charge in [0.2, 0.25) is 5.91 Å². The monoisotopic (exact) mass is 402 g/mol. The van der Waals surface area contributed by atoms with E-state index in [-0.39, 0.29) is 18.2 Å². The van der Waals surface area contributed by atoms with E-state index < -0.39 is 0 Å². The molecule has 1 aliphatic rings. The van der Waals surface area contributed by atoms with Crippen LogP contribution in [0.1, 0.15) is 16.9 Å². The molecule has 1 fully saturated rings. The average molecular weight is 403 g/mol. The number of thioether (sulfide) groups is 1. The smallest absolute Gasteiger partial charge is 0.266 e. The predicted molar refractivity (Wildman–Crippen MR) is 112 cm³/mol. The van der Waals surface area contributed by atoms with Crippen molar-refractivity contribution in [3.63, 3.8) is 0 Å². The summed E-state index contributed by atoms with van der Waals surface area (Å²) in [6.45, 7) is 0.892. The SMILES string of the molecule is O=C(CCN1C(=O)/C(=C/c2cccs2)SC1=S)NCCc1ccccc1. The van der Waals surface area contributed by atoms with E-state index in [9.17, 15) is 9.59 Å². The van der Waals surface area contributed by atoms with Gasteiger partial charge in [-0.1, -0.05) is 60.4 Å². The topological polar surface area (TPSA) is 49.4 Å². The standard InChI is InChI=1S/C19H18N2O2S3/c22-17(20-10-8-14-5-2-1-3-6-14)9-11-21-18(23)16(26-19(21)24)13-15-7-4-12-25-15/h1-7,12-13H,8-11H2,(H,20,22)/b16-13-. The summed E-state index contributed by atoms with van der Waals surface area (Å²) in [4.78, 5) is 27.6. The molecule has 2 heterocycles. The molecule has 0 aliphatic carbocycles. The lowest BCUT2D eigenvalue weighted by Crippen LogP contribution is -2.34. The number of thiophene rings is 1. The van der Waals surface area contributed by atoms with E-state index >= 15 is 0 Å². The molecule has 3 rings (SSSR count). The lowest BCUT2D eigenvalue weighted by molar-refractivity contribution is -0.123. The third kappa shape index (κ3) is 5.03. The average Bonchev–Trinajstić information content (AvgIpc) is 3.23. The van der Waals surface area contributed by atoms with E-state index in [4.69, 9.17) is 12.2 Å². The first-order chi connectivity index (χ1) is 12.6. The molecule has 0 atom stereocenters. The van der Waals surface area contributed by atoms with Gasteiger partial charge in [-0.3, -0.25) is 14.5 Å². The summed E-state index contributed by atoms with van der Waals surface area (Å²) in [5.74, 6) is -0.192. The van der Waals surface area contributed by atoms with Gasteiger partial charge < -0.3 is 5.32 Å². The Kier molecular flexibility index (Phi) is 6.60. The first kappa shape index (κ1) is 18.8. The van der Waals surface area contributed by atoms with Crippen molar-refractivity contribution in [2.24, 2.45) is 0 Å². The number of hydrogen-bond acceptors (Lipinski definition) is 5. The van der Waals surface area contributed by atoms with Gasteiger partial charge in [0, 0.05) is 24.4 Å². The van der Waals surface area contributed by atoms with Crippen LogP contribution in [-0.4, -0.2) is 34.1 Å². The zero-order chi connectivity index (χ0) is 18.4. The van der Waals surface area contributed by atoms with Gasteiger partial charge in [0.15, 0.2) is 0 Å². The van der Waals surface area contributed by atoms with Gasteiger partial charge in [-0.2, -0.15) is 0 Å². The first-order valence-electron chi connectivity index (χ1n) is 8.23. The lowest BCUT2D eigenvalue weighted by atomic mass is 10.1. The third-order valence-electron chi connectivity index (χ3n) is 3.83. The van der Waals surface area contributed by atoms with E-state index in [1.165, 1.54) is 22.2 Å². The van der Waals surface area contributed by atoms with Crippen molar-refractivity contribution < 1.29 is 9.59 Å². The van der Waals surface area contributed by atoms with Crippen molar-refractivity contribution in [1.82, 2.24) is 10.2 Å². The second-order valence-corrected chi connectivity index (χ2v) is 8.34. The predicted octanol–water partition coefficient (Wildman–Crippen LogP) is 3.70. The minimum atomic E-state index is -0.120. The van der Waals surface area contributed by atoms with Crippen molar-refractivity contribution >= 4 is 57.5 Å². The highest BCUT2D eigenvalue weighted by Gasteiger charge is 2.32. The normalized spacial score (nSPS) is 15.7. The number of nitrogens with one attached hydrogen (secondary N) is 1. The molecule has 0 unspecified atom stereocenters. The molecule has 0 radical (unpaired) electrons. The third-order valence-corrected chi connectivity index (χ3v) is 6.03. The number of amides is 2. The minimum absolute atomic E-state index is 0.0720. The second kappa shape index (κ2) is 9.12. The summed E-state index contributed by atoms with van der Waals surface area (Å²) >= 11 is 8.16.